The summed E-state index contributed by atoms with van der Waals surface area (Å²) in [6, 6.07) is 3.73. The summed E-state index contributed by atoms with van der Waals surface area (Å²) in [6.45, 7) is 3.83. The molecule has 25 heavy (non-hydrogen) atoms. The Bertz CT molecular complexity index is 626. The van der Waals surface area contributed by atoms with Gasteiger partial charge in [-0.25, -0.2) is 0 Å². The minimum Gasteiger partial charge on any atom is -0.493 e. The van der Waals surface area contributed by atoms with E-state index < -0.39 is 0 Å². The van der Waals surface area contributed by atoms with Gasteiger partial charge in [0.05, 0.1) is 26.7 Å². The molecule has 2 fully saturated rings. The van der Waals surface area contributed by atoms with Crippen molar-refractivity contribution in [1.29, 1.82) is 0 Å². The van der Waals surface area contributed by atoms with E-state index in [2.05, 4.69) is 22.6 Å². The van der Waals surface area contributed by atoms with Gasteiger partial charge in [-0.05, 0) is 24.7 Å². The first-order chi connectivity index (χ1) is 12.0. The maximum absolute atomic E-state index is 12.9. The number of benzene rings is 1. The fourth-order valence-corrected chi connectivity index (χ4v) is 4.09. The van der Waals surface area contributed by atoms with Crippen molar-refractivity contribution in [1.82, 2.24) is 15.5 Å². The van der Waals surface area contributed by atoms with Gasteiger partial charge in [0.2, 0.25) is 11.7 Å². The van der Waals surface area contributed by atoms with Crippen LogP contribution in [0.2, 0.25) is 0 Å². The lowest BCUT2D eigenvalue weighted by Gasteiger charge is -2.26. The van der Waals surface area contributed by atoms with Crippen LogP contribution in [0.3, 0.4) is 0 Å². The number of hydrogen-bond acceptors (Lipinski definition) is 6. The summed E-state index contributed by atoms with van der Waals surface area (Å²) in [5.41, 5.74) is 0.586. The van der Waals surface area contributed by atoms with Gasteiger partial charge in [0.15, 0.2) is 11.5 Å². The Morgan fingerprint density at radius 3 is 2.56 bits per heavy atom. The molecule has 0 saturated carbocycles. The SMILES string of the molecule is COc1cc(CNC(=O)[C@@]23CNC[C@@H]2CN(C)C3)cc(OC)c1OC. The normalized spacial score (nSPS) is 25.5. The van der Waals surface area contributed by atoms with E-state index in [1.165, 1.54) is 0 Å². The molecule has 0 aliphatic carbocycles. The molecule has 7 heteroatoms. The number of methoxy groups -OCH3 is 3. The second kappa shape index (κ2) is 7.09. The van der Waals surface area contributed by atoms with Crippen LogP contribution < -0.4 is 24.8 Å². The molecule has 7 nitrogen and oxygen atoms in total. The lowest BCUT2D eigenvalue weighted by molar-refractivity contribution is -0.130. The molecule has 0 aromatic heterocycles. The summed E-state index contributed by atoms with van der Waals surface area (Å²) in [4.78, 5) is 15.2. The molecule has 2 atom stereocenters. The number of rotatable bonds is 6. The number of carbonyl (C=O) groups excluding carboxylic acids is 1. The minimum absolute atomic E-state index is 0.112. The molecule has 2 heterocycles. The smallest absolute Gasteiger partial charge is 0.229 e. The molecule has 0 unspecified atom stereocenters. The van der Waals surface area contributed by atoms with Crippen molar-refractivity contribution in [3.05, 3.63) is 17.7 Å². The maximum Gasteiger partial charge on any atom is 0.229 e. The second-order valence-corrected chi connectivity index (χ2v) is 6.90. The van der Waals surface area contributed by atoms with Crippen LogP contribution >= 0.6 is 0 Å². The van der Waals surface area contributed by atoms with E-state index in [0.717, 1.165) is 31.7 Å². The van der Waals surface area contributed by atoms with E-state index in [1.54, 1.807) is 21.3 Å². The summed E-state index contributed by atoms with van der Waals surface area (Å²) in [7, 11) is 6.82. The van der Waals surface area contributed by atoms with E-state index in [4.69, 9.17) is 14.2 Å². The number of amides is 1. The molecule has 2 aliphatic rings. The summed E-state index contributed by atoms with van der Waals surface area (Å²) < 4.78 is 16.1. The van der Waals surface area contributed by atoms with E-state index in [0.29, 0.717) is 29.7 Å². The number of likely N-dealkylation sites (tertiary alicyclic amines) is 1. The summed E-state index contributed by atoms with van der Waals surface area (Å²) >= 11 is 0. The van der Waals surface area contributed by atoms with Crippen molar-refractivity contribution in [3.63, 3.8) is 0 Å². The van der Waals surface area contributed by atoms with Crippen molar-refractivity contribution in [3.8, 4) is 17.2 Å². The van der Waals surface area contributed by atoms with Gasteiger partial charge in [0, 0.05) is 38.6 Å². The van der Waals surface area contributed by atoms with Crippen molar-refractivity contribution < 1.29 is 19.0 Å². The predicted molar refractivity (Wildman–Crippen MR) is 94.2 cm³/mol. The third-order valence-electron chi connectivity index (χ3n) is 5.33. The van der Waals surface area contributed by atoms with Gasteiger partial charge in [-0.2, -0.15) is 0 Å². The number of carbonyl (C=O) groups is 1. The summed E-state index contributed by atoms with van der Waals surface area (Å²) in [6.07, 6.45) is 0. The van der Waals surface area contributed by atoms with Crippen LogP contribution in [-0.2, 0) is 11.3 Å². The van der Waals surface area contributed by atoms with Crippen LogP contribution in [0.1, 0.15) is 5.56 Å². The minimum atomic E-state index is -0.324. The highest BCUT2D eigenvalue weighted by Gasteiger charge is 2.53. The number of fused-ring (bicyclic) bond motifs is 1. The number of nitrogens with one attached hydrogen (secondary N) is 2. The molecule has 0 bridgehead atoms. The first kappa shape index (κ1) is 17.8. The van der Waals surface area contributed by atoms with Crippen LogP contribution in [0.4, 0.5) is 0 Å². The largest absolute Gasteiger partial charge is 0.493 e. The highest BCUT2D eigenvalue weighted by molar-refractivity contribution is 5.84. The zero-order valence-corrected chi connectivity index (χ0v) is 15.3. The quantitative estimate of drug-likeness (QED) is 0.778. The van der Waals surface area contributed by atoms with Gasteiger partial charge in [-0.3, -0.25) is 4.79 Å². The van der Waals surface area contributed by atoms with Gasteiger partial charge in [0.1, 0.15) is 0 Å². The number of ether oxygens (including phenoxy) is 3. The highest BCUT2D eigenvalue weighted by Crippen LogP contribution is 2.40. The van der Waals surface area contributed by atoms with Crippen molar-refractivity contribution >= 4 is 5.91 Å². The van der Waals surface area contributed by atoms with Gasteiger partial charge >= 0.3 is 0 Å². The maximum atomic E-state index is 12.9. The summed E-state index contributed by atoms with van der Waals surface area (Å²) in [5, 5.41) is 6.48. The molecule has 1 aromatic rings. The summed E-state index contributed by atoms with van der Waals surface area (Å²) in [5.74, 6) is 2.21. The van der Waals surface area contributed by atoms with Crippen molar-refractivity contribution in [2.75, 3.05) is 54.6 Å². The van der Waals surface area contributed by atoms with E-state index in [9.17, 15) is 4.79 Å². The van der Waals surface area contributed by atoms with Crippen LogP contribution in [0, 0.1) is 11.3 Å². The predicted octanol–water partition coefficient (Wildman–Crippen LogP) is 0.480. The molecule has 2 N–H and O–H groups in total. The van der Waals surface area contributed by atoms with Crippen LogP contribution in [0.15, 0.2) is 12.1 Å². The molecule has 1 amide bonds. The topological polar surface area (TPSA) is 72.1 Å². The average molecular weight is 349 g/mol. The van der Waals surface area contributed by atoms with Gasteiger partial charge in [-0.1, -0.05) is 0 Å². The van der Waals surface area contributed by atoms with E-state index in [1.807, 2.05) is 12.1 Å². The monoisotopic (exact) mass is 349 g/mol. The van der Waals surface area contributed by atoms with E-state index >= 15 is 0 Å². The van der Waals surface area contributed by atoms with Crippen molar-refractivity contribution in [2.24, 2.45) is 11.3 Å². The lowest BCUT2D eigenvalue weighted by Crippen LogP contribution is -2.46. The van der Waals surface area contributed by atoms with E-state index in [-0.39, 0.29) is 11.3 Å². The molecule has 2 saturated heterocycles. The molecule has 3 rings (SSSR count). The zero-order chi connectivity index (χ0) is 18.0. The Hall–Kier alpha value is -1.99. The Morgan fingerprint density at radius 1 is 1.28 bits per heavy atom. The van der Waals surface area contributed by atoms with Crippen LogP contribution in [0.25, 0.3) is 0 Å². The average Bonchev–Trinajstić information content (AvgIpc) is 3.15. The molecule has 2 aliphatic heterocycles. The molecular weight excluding hydrogens is 322 g/mol. The third kappa shape index (κ3) is 3.14. The molecule has 0 radical (unpaired) electrons. The second-order valence-electron chi connectivity index (χ2n) is 6.90. The fourth-order valence-electron chi connectivity index (χ4n) is 4.09. The Labute approximate surface area is 148 Å². The first-order valence-corrected chi connectivity index (χ1v) is 8.50. The van der Waals surface area contributed by atoms with Crippen LogP contribution in [0.5, 0.6) is 17.2 Å². The fraction of sp³-hybridized carbons (Fsp3) is 0.611. The van der Waals surface area contributed by atoms with Gasteiger partial charge < -0.3 is 29.7 Å². The zero-order valence-electron chi connectivity index (χ0n) is 15.3. The van der Waals surface area contributed by atoms with Crippen molar-refractivity contribution in [2.45, 2.75) is 6.54 Å². The molecular formula is C18H27N3O4. The Kier molecular flexibility index (Phi) is 5.06. The third-order valence-corrected chi connectivity index (χ3v) is 5.33. The van der Waals surface area contributed by atoms with Gasteiger partial charge in [0.25, 0.3) is 0 Å². The highest BCUT2D eigenvalue weighted by atomic mass is 16.5. The standard InChI is InChI=1S/C18H27N3O4/c1-21-9-13-8-19-10-18(13,11-21)17(22)20-7-12-5-14(23-2)16(25-4)15(6-12)24-3/h5-6,13,19H,7-11H2,1-4H3,(H,20,22)/t13-,18-/m1/s1. The Balaban J connectivity index is 1.74. The van der Waals surface area contributed by atoms with Crippen LogP contribution in [-0.4, -0.2) is 65.4 Å². The Morgan fingerprint density at radius 2 is 1.96 bits per heavy atom. The number of hydrogen-bond donors (Lipinski definition) is 2. The number of nitrogens with zero attached hydrogens (tertiary/aromatic N) is 1. The molecule has 138 valence electrons. The lowest BCUT2D eigenvalue weighted by atomic mass is 9.80. The molecule has 0 spiro atoms. The first-order valence-electron chi connectivity index (χ1n) is 8.50. The van der Waals surface area contributed by atoms with Gasteiger partial charge in [-0.15, -0.1) is 0 Å². The molecule has 1 aromatic carbocycles.